The Kier molecular flexibility index (Phi) is 3.33. The topological polar surface area (TPSA) is 38.0 Å². The van der Waals surface area contributed by atoms with E-state index >= 15 is 0 Å². The normalized spacial score (nSPS) is 10.2. The fraction of sp³-hybridized carbons (Fsp3) is 0.200. The molecule has 0 unspecified atom stereocenters. The average molecular weight is 226 g/mol. The van der Waals surface area contributed by atoms with E-state index in [1.165, 1.54) is 16.7 Å². The minimum absolute atomic E-state index is 0.799. The standard InChI is InChI=1S/C15H18N2/c1-11-3-6-13(7-4-11)10-17-15-8-5-12(2)9-14(15)16/h3-9,17H,10,16H2,1-2H3. The quantitative estimate of drug-likeness (QED) is 0.786. The zero-order valence-corrected chi connectivity index (χ0v) is 10.3. The summed E-state index contributed by atoms with van der Waals surface area (Å²) in [6, 6.07) is 14.6. The van der Waals surface area contributed by atoms with Crippen LogP contribution in [-0.4, -0.2) is 0 Å². The highest BCUT2D eigenvalue weighted by molar-refractivity contribution is 5.66. The summed E-state index contributed by atoms with van der Waals surface area (Å²) >= 11 is 0. The molecule has 0 fully saturated rings. The highest BCUT2D eigenvalue weighted by atomic mass is 14.9. The van der Waals surface area contributed by atoms with Crippen LogP contribution in [0.4, 0.5) is 11.4 Å². The SMILES string of the molecule is Cc1ccc(CNc2ccc(C)cc2N)cc1. The summed E-state index contributed by atoms with van der Waals surface area (Å²) in [5.41, 5.74) is 11.5. The predicted octanol–water partition coefficient (Wildman–Crippen LogP) is 3.50. The molecule has 88 valence electrons. The van der Waals surface area contributed by atoms with Crippen molar-refractivity contribution in [3.05, 3.63) is 59.2 Å². The molecule has 0 aliphatic carbocycles. The van der Waals surface area contributed by atoms with Gasteiger partial charge < -0.3 is 11.1 Å². The molecule has 0 bridgehead atoms. The Bertz CT molecular complexity index is 501. The summed E-state index contributed by atoms with van der Waals surface area (Å²) in [6.07, 6.45) is 0. The van der Waals surface area contributed by atoms with Crippen molar-refractivity contribution < 1.29 is 0 Å². The Morgan fingerprint density at radius 3 is 2.24 bits per heavy atom. The van der Waals surface area contributed by atoms with Crippen molar-refractivity contribution in [2.45, 2.75) is 20.4 Å². The third-order valence-electron chi connectivity index (χ3n) is 2.81. The van der Waals surface area contributed by atoms with E-state index in [1.54, 1.807) is 0 Å². The molecular formula is C15H18N2. The first-order chi connectivity index (χ1) is 8.15. The minimum Gasteiger partial charge on any atom is -0.397 e. The van der Waals surface area contributed by atoms with Crippen LogP contribution in [0.15, 0.2) is 42.5 Å². The maximum atomic E-state index is 5.95. The molecule has 0 amide bonds. The van der Waals surface area contributed by atoms with E-state index in [0.717, 1.165) is 17.9 Å². The molecule has 0 radical (unpaired) electrons. The number of nitrogen functional groups attached to an aromatic ring is 1. The van der Waals surface area contributed by atoms with E-state index in [-0.39, 0.29) is 0 Å². The molecule has 17 heavy (non-hydrogen) atoms. The highest BCUT2D eigenvalue weighted by Crippen LogP contribution is 2.20. The second-order valence-electron chi connectivity index (χ2n) is 4.43. The lowest BCUT2D eigenvalue weighted by Gasteiger charge is -2.10. The van der Waals surface area contributed by atoms with E-state index in [2.05, 4.69) is 42.6 Å². The molecule has 0 spiro atoms. The summed E-state index contributed by atoms with van der Waals surface area (Å²) in [4.78, 5) is 0. The van der Waals surface area contributed by atoms with Crippen LogP contribution in [0.1, 0.15) is 16.7 Å². The molecule has 2 heteroatoms. The van der Waals surface area contributed by atoms with Gasteiger partial charge in [0.05, 0.1) is 11.4 Å². The first-order valence-corrected chi connectivity index (χ1v) is 5.81. The number of rotatable bonds is 3. The van der Waals surface area contributed by atoms with Gasteiger partial charge in [0.1, 0.15) is 0 Å². The number of anilines is 2. The van der Waals surface area contributed by atoms with Gasteiger partial charge in [0.2, 0.25) is 0 Å². The molecule has 3 N–H and O–H groups in total. The average Bonchev–Trinajstić information content (AvgIpc) is 2.30. The molecule has 0 saturated carbocycles. The molecule has 0 aliphatic heterocycles. The fourth-order valence-electron chi connectivity index (χ4n) is 1.75. The molecular weight excluding hydrogens is 208 g/mol. The highest BCUT2D eigenvalue weighted by Gasteiger charge is 1.98. The largest absolute Gasteiger partial charge is 0.397 e. The van der Waals surface area contributed by atoms with Crippen molar-refractivity contribution in [1.82, 2.24) is 0 Å². The minimum atomic E-state index is 0.799. The van der Waals surface area contributed by atoms with Crippen LogP contribution in [0, 0.1) is 13.8 Å². The van der Waals surface area contributed by atoms with Crippen molar-refractivity contribution in [3.63, 3.8) is 0 Å². The summed E-state index contributed by atoms with van der Waals surface area (Å²) in [5.74, 6) is 0. The van der Waals surface area contributed by atoms with Crippen LogP contribution in [0.25, 0.3) is 0 Å². The zero-order chi connectivity index (χ0) is 12.3. The van der Waals surface area contributed by atoms with Gasteiger partial charge in [-0.15, -0.1) is 0 Å². The van der Waals surface area contributed by atoms with E-state index in [9.17, 15) is 0 Å². The van der Waals surface area contributed by atoms with Crippen molar-refractivity contribution in [2.75, 3.05) is 11.1 Å². The number of aryl methyl sites for hydroxylation is 2. The first-order valence-electron chi connectivity index (χ1n) is 5.81. The number of benzene rings is 2. The lowest BCUT2D eigenvalue weighted by Crippen LogP contribution is -2.02. The van der Waals surface area contributed by atoms with Gasteiger partial charge in [-0.3, -0.25) is 0 Å². The van der Waals surface area contributed by atoms with Crippen molar-refractivity contribution in [3.8, 4) is 0 Å². The van der Waals surface area contributed by atoms with Gasteiger partial charge in [-0.1, -0.05) is 35.9 Å². The maximum Gasteiger partial charge on any atom is 0.0576 e. The molecule has 0 atom stereocenters. The van der Waals surface area contributed by atoms with Gasteiger partial charge in [0.15, 0.2) is 0 Å². The molecule has 2 aromatic rings. The van der Waals surface area contributed by atoms with Crippen molar-refractivity contribution in [2.24, 2.45) is 0 Å². The molecule has 2 nitrogen and oxygen atoms in total. The van der Waals surface area contributed by atoms with Crippen LogP contribution >= 0.6 is 0 Å². The van der Waals surface area contributed by atoms with E-state index in [1.807, 2.05) is 19.1 Å². The second kappa shape index (κ2) is 4.91. The maximum absolute atomic E-state index is 5.95. The van der Waals surface area contributed by atoms with Crippen LogP contribution < -0.4 is 11.1 Å². The monoisotopic (exact) mass is 226 g/mol. The Morgan fingerprint density at radius 2 is 1.59 bits per heavy atom. The van der Waals surface area contributed by atoms with Crippen LogP contribution in [0.5, 0.6) is 0 Å². The summed E-state index contributed by atoms with van der Waals surface area (Å²) < 4.78 is 0. The summed E-state index contributed by atoms with van der Waals surface area (Å²) in [5, 5.41) is 3.35. The Balaban J connectivity index is 2.04. The van der Waals surface area contributed by atoms with Gasteiger partial charge in [-0.25, -0.2) is 0 Å². The predicted molar refractivity (Wildman–Crippen MR) is 74.1 cm³/mol. The zero-order valence-electron chi connectivity index (χ0n) is 10.3. The van der Waals surface area contributed by atoms with E-state index in [4.69, 9.17) is 5.73 Å². The molecule has 0 aromatic heterocycles. The number of nitrogens with one attached hydrogen (secondary N) is 1. The summed E-state index contributed by atoms with van der Waals surface area (Å²) in [7, 11) is 0. The van der Waals surface area contributed by atoms with Crippen molar-refractivity contribution >= 4 is 11.4 Å². The van der Waals surface area contributed by atoms with Crippen LogP contribution in [0.3, 0.4) is 0 Å². The smallest absolute Gasteiger partial charge is 0.0576 e. The molecule has 0 saturated heterocycles. The molecule has 0 aliphatic rings. The number of hydrogen-bond acceptors (Lipinski definition) is 2. The van der Waals surface area contributed by atoms with Crippen LogP contribution in [0.2, 0.25) is 0 Å². The van der Waals surface area contributed by atoms with Gasteiger partial charge in [0.25, 0.3) is 0 Å². The molecule has 2 aromatic carbocycles. The van der Waals surface area contributed by atoms with Crippen LogP contribution in [-0.2, 0) is 6.54 Å². The van der Waals surface area contributed by atoms with E-state index < -0.39 is 0 Å². The lowest BCUT2D eigenvalue weighted by molar-refractivity contribution is 1.14. The molecule has 0 heterocycles. The van der Waals surface area contributed by atoms with Gasteiger partial charge in [0, 0.05) is 6.54 Å². The third kappa shape index (κ3) is 3.00. The number of hydrogen-bond donors (Lipinski definition) is 2. The number of nitrogens with two attached hydrogens (primary N) is 1. The molecule has 2 rings (SSSR count). The van der Waals surface area contributed by atoms with E-state index in [0.29, 0.717) is 0 Å². The fourth-order valence-corrected chi connectivity index (χ4v) is 1.75. The van der Waals surface area contributed by atoms with Crippen molar-refractivity contribution in [1.29, 1.82) is 0 Å². The van der Waals surface area contributed by atoms with Gasteiger partial charge in [-0.05, 0) is 37.1 Å². The summed E-state index contributed by atoms with van der Waals surface area (Å²) in [6.45, 7) is 4.93. The first kappa shape index (κ1) is 11.5. The van der Waals surface area contributed by atoms with Gasteiger partial charge in [-0.2, -0.15) is 0 Å². The lowest BCUT2D eigenvalue weighted by atomic mass is 10.1. The Hall–Kier alpha value is -1.96. The second-order valence-corrected chi connectivity index (χ2v) is 4.43. The third-order valence-corrected chi connectivity index (χ3v) is 2.81. The Labute approximate surface area is 102 Å². The Morgan fingerprint density at radius 1 is 0.941 bits per heavy atom. The van der Waals surface area contributed by atoms with Gasteiger partial charge >= 0.3 is 0 Å².